The number of anilines is 1. The Bertz CT molecular complexity index is 1710. The number of hydrogen-bond donors (Lipinski definition) is 1. The molecule has 0 aliphatic rings. The lowest BCUT2D eigenvalue weighted by molar-refractivity contribution is -0.116. The molecule has 0 spiro atoms. The van der Waals surface area contributed by atoms with Crippen molar-refractivity contribution in [2.24, 2.45) is 14.1 Å². The van der Waals surface area contributed by atoms with E-state index in [2.05, 4.69) is 33.6 Å². The van der Waals surface area contributed by atoms with Crippen LogP contribution >= 0.6 is 0 Å². The van der Waals surface area contributed by atoms with Gasteiger partial charge in [0, 0.05) is 25.3 Å². The number of aryl methyl sites for hydroxylation is 2. The zero-order chi connectivity index (χ0) is 25.4. The predicted molar refractivity (Wildman–Crippen MR) is 135 cm³/mol. The van der Waals surface area contributed by atoms with Gasteiger partial charge in [-0.2, -0.15) is 0 Å². The Kier molecular flexibility index (Phi) is 5.80. The van der Waals surface area contributed by atoms with E-state index in [1.54, 1.807) is 16.8 Å². The Balaban J connectivity index is 1.32. The zero-order valence-corrected chi connectivity index (χ0v) is 20.0. The van der Waals surface area contributed by atoms with Gasteiger partial charge in [0.2, 0.25) is 5.91 Å². The third kappa shape index (κ3) is 4.00. The van der Waals surface area contributed by atoms with E-state index < -0.39 is 11.2 Å². The minimum atomic E-state index is -0.502. The number of imidazole rings is 1. The summed E-state index contributed by atoms with van der Waals surface area (Å²) in [5.41, 5.74) is 3.78. The van der Waals surface area contributed by atoms with Gasteiger partial charge in [-0.15, -0.1) is 5.10 Å². The third-order valence-corrected chi connectivity index (χ3v) is 6.11. The van der Waals surface area contributed by atoms with E-state index in [1.165, 1.54) is 35.1 Å². The lowest BCUT2D eigenvalue weighted by atomic mass is 10.1. The van der Waals surface area contributed by atoms with Gasteiger partial charge >= 0.3 is 5.69 Å². The first-order chi connectivity index (χ1) is 17.4. The molecule has 11 nitrogen and oxygen atoms in total. The molecule has 0 fully saturated rings. The SMILES string of the molecule is CCc1ccccc1-n1cc(-c2ccc(NC(=O)Cn3cnc4c3c(=O)n(C)c(=O)n4C)cc2)nn1. The van der Waals surface area contributed by atoms with Crippen LogP contribution < -0.4 is 16.6 Å². The van der Waals surface area contributed by atoms with Gasteiger partial charge in [0.1, 0.15) is 12.2 Å². The van der Waals surface area contributed by atoms with Crippen molar-refractivity contribution in [3.8, 4) is 16.9 Å². The molecule has 0 bridgehead atoms. The van der Waals surface area contributed by atoms with Gasteiger partial charge in [0.25, 0.3) is 5.56 Å². The fraction of sp³-hybridized carbons (Fsp3) is 0.200. The summed E-state index contributed by atoms with van der Waals surface area (Å²) < 4.78 is 5.47. The number of rotatable bonds is 6. The summed E-state index contributed by atoms with van der Waals surface area (Å²) in [5.74, 6) is -0.333. The van der Waals surface area contributed by atoms with Crippen LogP contribution in [0.3, 0.4) is 0 Å². The second-order valence-corrected chi connectivity index (χ2v) is 8.41. The molecule has 2 aromatic carbocycles. The number of nitrogens with one attached hydrogen (secondary N) is 1. The first kappa shape index (κ1) is 23.0. The van der Waals surface area contributed by atoms with Crippen LogP contribution in [0.1, 0.15) is 12.5 Å². The highest BCUT2D eigenvalue weighted by Crippen LogP contribution is 2.21. The number of amides is 1. The average molecular weight is 485 g/mol. The molecular weight excluding hydrogens is 460 g/mol. The quantitative estimate of drug-likeness (QED) is 0.393. The van der Waals surface area contributed by atoms with Gasteiger partial charge in [-0.05, 0) is 30.2 Å². The van der Waals surface area contributed by atoms with Crippen molar-refractivity contribution in [3.05, 3.63) is 87.5 Å². The molecule has 0 atom stereocenters. The van der Waals surface area contributed by atoms with E-state index in [0.717, 1.165) is 22.2 Å². The van der Waals surface area contributed by atoms with Crippen LogP contribution in [0, 0.1) is 0 Å². The third-order valence-electron chi connectivity index (χ3n) is 6.11. The Morgan fingerprint density at radius 1 is 1.00 bits per heavy atom. The normalized spacial score (nSPS) is 11.2. The van der Waals surface area contributed by atoms with E-state index in [-0.39, 0.29) is 23.6 Å². The molecule has 11 heteroatoms. The number of fused-ring (bicyclic) bond motifs is 1. The zero-order valence-electron chi connectivity index (χ0n) is 20.0. The van der Waals surface area contributed by atoms with E-state index in [0.29, 0.717) is 11.4 Å². The molecule has 182 valence electrons. The van der Waals surface area contributed by atoms with Gasteiger partial charge in [0.05, 0.1) is 18.2 Å². The van der Waals surface area contributed by atoms with Gasteiger partial charge in [-0.3, -0.25) is 18.7 Å². The van der Waals surface area contributed by atoms with Crippen molar-refractivity contribution in [3.63, 3.8) is 0 Å². The number of hydrogen-bond acceptors (Lipinski definition) is 6. The Morgan fingerprint density at radius 3 is 2.50 bits per heavy atom. The van der Waals surface area contributed by atoms with Gasteiger partial charge in [0.15, 0.2) is 11.2 Å². The highest BCUT2D eigenvalue weighted by atomic mass is 16.2. The van der Waals surface area contributed by atoms with Crippen LogP contribution in [-0.4, -0.2) is 39.6 Å². The summed E-state index contributed by atoms with van der Waals surface area (Å²) in [6.07, 6.45) is 4.15. The van der Waals surface area contributed by atoms with Crippen LogP contribution in [0.25, 0.3) is 28.1 Å². The second-order valence-electron chi connectivity index (χ2n) is 8.41. The molecule has 1 amide bonds. The van der Waals surface area contributed by atoms with Crippen molar-refractivity contribution >= 4 is 22.8 Å². The van der Waals surface area contributed by atoms with Crippen LogP contribution in [-0.2, 0) is 31.9 Å². The largest absolute Gasteiger partial charge is 0.332 e. The van der Waals surface area contributed by atoms with Crippen LogP contribution in [0.4, 0.5) is 5.69 Å². The minimum Gasteiger partial charge on any atom is -0.325 e. The molecule has 0 aliphatic carbocycles. The number of aromatic nitrogens is 7. The topological polar surface area (TPSA) is 122 Å². The molecule has 5 aromatic rings. The van der Waals surface area contributed by atoms with Gasteiger partial charge < -0.3 is 9.88 Å². The fourth-order valence-corrected chi connectivity index (χ4v) is 4.14. The molecule has 0 aliphatic heterocycles. The standard InChI is InChI=1S/C25H24N8O3/c1-4-16-7-5-6-8-20(16)33-13-19(28-29-33)17-9-11-18(12-10-17)27-21(34)14-32-15-26-23-22(32)24(35)31(3)25(36)30(23)2/h5-13,15H,4,14H2,1-3H3,(H,27,34). The van der Waals surface area contributed by atoms with Crippen LogP contribution in [0.5, 0.6) is 0 Å². The molecule has 3 heterocycles. The highest BCUT2D eigenvalue weighted by Gasteiger charge is 2.16. The van der Waals surface area contributed by atoms with Crippen molar-refractivity contribution in [2.45, 2.75) is 19.9 Å². The van der Waals surface area contributed by atoms with E-state index in [1.807, 2.05) is 36.5 Å². The highest BCUT2D eigenvalue weighted by molar-refractivity contribution is 5.91. The number of nitrogens with zero attached hydrogens (tertiary/aromatic N) is 7. The summed E-state index contributed by atoms with van der Waals surface area (Å²) >= 11 is 0. The number of benzene rings is 2. The van der Waals surface area contributed by atoms with Crippen LogP contribution in [0.15, 0.2) is 70.6 Å². The Labute approximate surface area is 205 Å². The van der Waals surface area contributed by atoms with E-state index in [9.17, 15) is 14.4 Å². The Hall–Kier alpha value is -4.80. The number of carbonyl (C=O) groups excluding carboxylic acids is 1. The fourth-order valence-electron chi connectivity index (χ4n) is 4.14. The maximum Gasteiger partial charge on any atom is 0.332 e. The van der Waals surface area contributed by atoms with E-state index >= 15 is 0 Å². The monoisotopic (exact) mass is 484 g/mol. The first-order valence-corrected chi connectivity index (χ1v) is 11.4. The maximum atomic E-state index is 12.7. The summed E-state index contributed by atoms with van der Waals surface area (Å²) in [6.45, 7) is 1.97. The summed E-state index contributed by atoms with van der Waals surface area (Å²) in [4.78, 5) is 41.5. The summed E-state index contributed by atoms with van der Waals surface area (Å²) in [7, 11) is 2.93. The molecule has 0 radical (unpaired) electrons. The predicted octanol–water partition coefficient (Wildman–Crippen LogP) is 1.88. The van der Waals surface area contributed by atoms with Gasteiger partial charge in [-0.25, -0.2) is 14.5 Å². The van der Waals surface area contributed by atoms with Crippen molar-refractivity contribution < 1.29 is 4.79 Å². The molecule has 36 heavy (non-hydrogen) atoms. The average Bonchev–Trinajstić information content (AvgIpc) is 3.54. The summed E-state index contributed by atoms with van der Waals surface area (Å²) in [5, 5.41) is 11.4. The molecule has 0 saturated carbocycles. The lowest BCUT2D eigenvalue weighted by Crippen LogP contribution is -2.37. The molecule has 0 unspecified atom stereocenters. The second kappa shape index (κ2) is 9.10. The minimum absolute atomic E-state index is 0.128. The molecular formula is C25H24N8O3. The van der Waals surface area contributed by atoms with Gasteiger partial charge in [-0.1, -0.05) is 42.5 Å². The molecule has 1 N–H and O–H groups in total. The summed E-state index contributed by atoms with van der Waals surface area (Å²) in [6, 6.07) is 15.3. The lowest BCUT2D eigenvalue weighted by Gasteiger charge is -2.08. The molecule has 0 saturated heterocycles. The van der Waals surface area contributed by atoms with Crippen molar-refractivity contribution in [2.75, 3.05) is 5.32 Å². The Morgan fingerprint density at radius 2 is 1.75 bits per heavy atom. The molecule has 3 aromatic heterocycles. The molecule has 5 rings (SSSR count). The van der Waals surface area contributed by atoms with Crippen molar-refractivity contribution in [1.82, 2.24) is 33.7 Å². The number of para-hydroxylation sites is 1. The van der Waals surface area contributed by atoms with E-state index in [4.69, 9.17) is 0 Å². The number of carbonyl (C=O) groups is 1. The first-order valence-electron chi connectivity index (χ1n) is 11.4. The van der Waals surface area contributed by atoms with Crippen LogP contribution in [0.2, 0.25) is 0 Å². The van der Waals surface area contributed by atoms with Crippen molar-refractivity contribution in [1.29, 1.82) is 0 Å². The smallest absolute Gasteiger partial charge is 0.325 e. The maximum absolute atomic E-state index is 12.7.